The average Bonchev–Trinajstić information content (AvgIpc) is 2.86. The minimum absolute atomic E-state index is 0.722. The molecule has 0 aromatic rings. The number of rotatable bonds is 4. The largest absolute Gasteiger partial charge is 0.0654 e. The van der Waals surface area contributed by atoms with Gasteiger partial charge in [0.1, 0.15) is 0 Å². The van der Waals surface area contributed by atoms with Gasteiger partial charge in [0, 0.05) is 0 Å². The predicted molar refractivity (Wildman–Crippen MR) is 71.5 cm³/mol. The lowest BCUT2D eigenvalue weighted by Crippen LogP contribution is -2.42. The lowest BCUT2D eigenvalue weighted by atomic mass is 9.54. The summed E-state index contributed by atoms with van der Waals surface area (Å²) in [5.74, 6) is 0.902. The van der Waals surface area contributed by atoms with Crippen LogP contribution in [0.4, 0.5) is 0 Å². The summed E-state index contributed by atoms with van der Waals surface area (Å²) in [6, 6.07) is 0. The zero-order chi connectivity index (χ0) is 11.6. The maximum atomic E-state index is 2.50. The fourth-order valence-corrected chi connectivity index (χ4v) is 5.25. The third-order valence-corrected chi connectivity index (χ3v) is 5.95. The summed E-state index contributed by atoms with van der Waals surface area (Å²) in [7, 11) is 0. The van der Waals surface area contributed by atoms with Gasteiger partial charge in [0.2, 0.25) is 0 Å². The molecule has 0 N–H and O–H groups in total. The first-order valence-electron chi connectivity index (χ1n) is 7.67. The molecule has 0 unspecified atom stereocenters. The van der Waals surface area contributed by atoms with Crippen LogP contribution < -0.4 is 0 Å². The van der Waals surface area contributed by atoms with E-state index in [-0.39, 0.29) is 0 Å². The van der Waals surface area contributed by atoms with Gasteiger partial charge >= 0.3 is 0 Å². The second kappa shape index (κ2) is 4.70. The fraction of sp³-hybridized carbons (Fsp3) is 1.00. The van der Waals surface area contributed by atoms with E-state index in [1.165, 1.54) is 51.4 Å². The Morgan fingerprint density at radius 3 is 1.81 bits per heavy atom. The lowest BCUT2D eigenvalue weighted by Gasteiger charge is -2.50. The molecule has 0 atom stereocenters. The third-order valence-electron chi connectivity index (χ3n) is 5.95. The molecule has 0 saturated heterocycles. The summed E-state index contributed by atoms with van der Waals surface area (Å²) < 4.78 is 0. The van der Waals surface area contributed by atoms with E-state index in [4.69, 9.17) is 0 Å². The maximum absolute atomic E-state index is 2.50. The highest BCUT2D eigenvalue weighted by Crippen LogP contribution is 2.64. The van der Waals surface area contributed by atoms with E-state index in [2.05, 4.69) is 20.8 Å². The van der Waals surface area contributed by atoms with Crippen LogP contribution >= 0.6 is 0 Å². The second-order valence-electron chi connectivity index (χ2n) is 6.76. The quantitative estimate of drug-likeness (QED) is 0.584. The first-order valence-corrected chi connectivity index (χ1v) is 7.67. The van der Waals surface area contributed by atoms with Gasteiger partial charge in [-0.3, -0.25) is 0 Å². The van der Waals surface area contributed by atoms with Crippen LogP contribution in [0.25, 0.3) is 0 Å². The van der Waals surface area contributed by atoms with Gasteiger partial charge in [-0.05, 0) is 48.9 Å². The second-order valence-corrected chi connectivity index (χ2v) is 6.76. The minimum Gasteiger partial charge on any atom is -0.0654 e. The topological polar surface area (TPSA) is 0 Å². The Labute approximate surface area is 102 Å². The molecule has 0 spiro atoms. The fourth-order valence-electron chi connectivity index (χ4n) is 5.25. The Balaban J connectivity index is 2.28. The number of hydrogen-bond donors (Lipinski definition) is 0. The van der Waals surface area contributed by atoms with Crippen LogP contribution in [-0.4, -0.2) is 0 Å². The highest BCUT2D eigenvalue weighted by atomic mass is 14.6. The zero-order valence-electron chi connectivity index (χ0n) is 11.6. The normalized spacial score (nSPS) is 27.8. The minimum atomic E-state index is 0.722. The van der Waals surface area contributed by atoms with Crippen molar-refractivity contribution in [1.82, 2.24) is 0 Å². The first-order chi connectivity index (χ1) is 7.67. The Kier molecular flexibility index (Phi) is 3.66. The SMILES string of the molecule is CCCC1(C2(C(C)C)CCCC2)CCCC1. The Morgan fingerprint density at radius 1 is 0.875 bits per heavy atom. The first kappa shape index (κ1) is 12.5. The van der Waals surface area contributed by atoms with Crippen molar-refractivity contribution in [3.63, 3.8) is 0 Å². The molecule has 2 aliphatic carbocycles. The van der Waals surface area contributed by atoms with Crippen LogP contribution in [-0.2, 0) is 0 Å². The van der Waals surface area contributed by atoms with E-state index in [0.29, 0.717) is 0 Å². The summed E-state index contributed by atoms with van der Waals surface area (Å²) in [4.78, 5) is 0. The smallest absolute Gasteiger partial charge is 0.0218 e. The molecule has 0 aromatic carbocycles. The van der Waals surface area contributed by atoms with Crippen LogP contribution in [0, 0.1) is 16.7 Å². The van der Waals surface area contributed by atoms with Crippen LogP contribution in [0.3, 0.4) is 0 Å². The standard InChI is InChI=1S/C16H30/c1-4-9-15(10-5-6-11-15)16(14(2)3)12-7-8-13-16/h14H,4-13H2,1-3H3. The van der Waals surface area contributed by atoms with Crippen LogP contribution in [0.2, 0.25) is 0 Å². The molecule has 2 fully saturated rings. The van der Waals surface area contributed by atoms with Crippen molar-refractivity contribution in [3.05, 3.63) is 0 Å². The van der Waals surface area contributed by atoms with Gasteiger partial charge in [-0.1, -0.05) is 52.9 Å². The van der Waals surface area contributed by atoms with Gasteiger partial charge in [0.25, 0.3) is 0 Å². The van der Waals surface area contributed by atoms with Crippen molar-refractivity contribution >= 4 is 0 Å². The Bertz CT molecular complexity index is 214. The molecule has 2 saturated carbocycles. The predicted octanol–water partition coefficient (Wildman–Crippen LogP) is 5.56. The summed E-state index contributed by atoms with van der Waals surface area (Å²) >= 11 is 0. The van der Waals surface area contributed by atoms with Gasteiger partial charge in [0.05, 0.1) is 0 Å². The molecular weight excluding hydrogens is 192 g/mol. The van der Waals surface area contributed by atoms with Gasteiger partial charge < -0.3 is 0 Å². The Morgan fingerprint density at radius 2 is 1.38 bits per heavy atom. The summed E-state index contributed by atoms with van der Waals surface area (Å²) in [6.45, 7) is 7.39. The van der Waals surface area contributed by atoms with E-state index in [0.717, 1.165) is 16.7 Å². The van der Waals surface area contributed by atoms with Crippen molar-refractivity contribution in [1.29, 1.82) is 0 Å². The molecule has 0 heterocycles. The highest BCUT2D eigenvalue weighted by molar-refractivity contribution is 5.04. The van der Waals surface area contributed by atoms with Gasteiger partial charge in [0.15, 0.2) is 0 Å². The van der Waals surface area contributed by atoms with Crippen LogP contribution in [0.15, 0.2) is 0 Å². The van der Waals surface area contributed by atoms with Crippen LogP contribution in [0.1, 0.15) is 85.0 Å². The average molecular weight is 222 g/mol. The van der Waals surface area contributed by atoms with Crippen molar-refractivity contribution in [2.75, 3.05) is 0 Å². The molecular formula is C16H30. The third kappa shape index (κ3) is 1.73. The summed E-state index contributed by atoms with van der Waals surface area (Å²) in [6.07, 6.45) is 15.1. The molecule has 16 heavy (non-hydrogen) atoms. The Hall–Kier alpha value is 0. The summed E-state index contributed by atoms with van der Waals surface area (Å²) in [5.41, 5.74) is 1.46. The molecule has 2 rings (SSSR count). The highest BCUT2D eigenvalue weighted by Gasteiger charge is 2.53. The van der Waals surface area contributed by atoms with Gasteiger partial charge in [-0.2, -0.15) is 0 Å². The van der Waals surface area contributed by atoms with E-state index in [1.807, 2.05) is 0 Å². The van der Waals surface area contributed by atoms with E-state index in [1.54, 1.807) is 12.8 Å². The molecule has 0 aromatic heterocycles. The summed E-state index contributed by atoms with van der Waals surface area (Å²) in [5, 5.41) is 0. The van der Waals surface area contributed by atoms with Crippen molar-refractivity contribution in [3.8, 4) is 0 Å². The molecule has 0 heteroatoms. The van der Waals surface area contributed by atoms with Gasteiger partial charge in [-0.25, -0.2) is 0 Å². The number of hydrogen-bond acceptors (Lipinski definition) is 0. The van der Waals surface area contributed by atoms with Crippen molar-refractivity contribution < 1.29 is 0 Å². The molecule has 0 radical (unpaired) electrons. The van der Waals surface area contributed by atoms with Gasteiger partial charge in [-0.15, -0.1) is 0 Å². The maximum Gasteiger partial charge on any atom is -0.0218 e. The van der Waals surface area contributed by atoms with E-state index < -0.39 is 0 Å². The molecule has 94 valence electrons. The van der Waals surface area contributed by atoms with E-state index in [9.17, 15) is 0 Å². The molecule has 0 amide bonds. The molecule has 0 nitrogen and oxygen atoms in total. The van der Waals surface area contributed by atoms with E-state index >= 15 is 0 Å². The molecule has 0 bridgehead atoms. The monoisotopic (exact) mass is 222 g/mol. The molecule has 2 aliphatic rings. The van der Waals surface area contributed by atoms with Crippen molar-refractivity contribution in [2.24, 2.45) is 16.7 Å². The molecule has 0 aliphatic heterocycles. The lowest BCUT2D eigenvalue weighted by molar-refractivity contribution is -0.0112. The van der Waals surface area contributed by atoms with Crippen molar-refractivity contribution in [2.45, 2.75) is 85.0 Å². The van der Waals surface area contributed by atoms with Crippen LogP contribution in [0.5, 0.6) is 0 Å². The zero-order valence-corrected chi connectivity index (χ0v) is 11.6.